The summed E-state index contributed by atoms with van der Waals surface area (Å²) in [6.07, 6.45) is 2.57. The lowest BCUT2D eigenvalue weighted by atomic mass is 10.1. The number of nitrogens with zero attached hydrogens (tertiary/aromatic N) is 4. The quantitative estimate of drug-likeness (QED) is 0.581. The maximum Gasteiger partial charge on any atom is 0.338 e. The smallest absolute Gasteiger partial charge is 0.338 e. The number of benzene rings is 1. The summed E-state index contributed by atoms with van der Waals surface area (Å²) in [5.74, 6) is -1.10. The summed E-state index contributed by atoms with van der Waals surface area (Å²) < 4.78 is 1.33. The number of rotatable bonds is 3. The molecule has 0 radical (unpaired) electrons. The Morgan fingerprint density at radius 1 is 1.33 bits per heavy atom. The van der Waals surface area contributed by atoms with E-state index in [1.54, 1.807) is 18.2 Å². The molecule has 0 fully saturated rings. The number of nitro benzene ring substituents is 1. The van der Waals surface area contributed by atoms with E-state index in [9.17, 15) is 14.9 Å². The van der Waals surface area contributed by atoms with E-state index >= 15 is 0 Å². The molecule has 0 aliphatic carbocycles. The second-order valence-corrected chi connectivity index (χ2v) is 4.29. The number of nitro groups is 1. The minimum absolute atomic E-state index is 0.0104. The third kappa shape index (κ3) is 2.29. The largest absolute Gasteiger partial charge is 0.478 e. The highest BCUT2D eigenvalue weighted by Gasteiger charge is 2.12. The van der Waals surface area contributed by atoms with E-state index in [-0.39, 0.29) is 11.3 Å². The van der Waals surface area contributed by atoms with Gasteiger partial charge in [-0.15, -0.1) is 0 Å². The molecule has 0 amide bonds. The van der Waals surface area contributed by atoms with Crippen LogP contribution in [0.2, 0.25) is 0 Å². The minimum atomic E-state index is -1.10. The van der Waals surface area contributed by atoms with Crippen molar-refractivity contribution < 1.29 is 14.8 Å². The second-order valence-electron chi connectivity index (χ2n) is 4.29. The maximum atomic E-state index is 10.9. The lowest BCUT2D eigenvalue weighted by molar-refractivity contribution is -0.384. The van der Waals surface area contributed by atoms with Crippen LogP contribution < -0.4 is 0 Å². The van der Waals surface area contributed by atoms with Crippen LogP contribution >= 0.6 is 0 Å². The Balaban J connectivity index is 2.10. The first-order chi connectivity index (χ1) is 10.0. The van der Waals surface area contributed by atoms with Gasteiger partial charge in [-0.1, -0.05) is 12.1 Å². The Hall–Kier alpha value is -3.29. The van der Waals surface area contributed by atoms with Crippen LogP contribution in [-0.4, -0.2) is 30.6 Å². The average Bonchev–Trinajstić information content (AvgIpc) is 2.90. The summed E-state index contributed by atoms with van der Waals surface area (Å²) in [5, 5.41) is 23.9. The summed E-state index contributed by atoms with van der Waals surface area (Å²) in [5.41, 5.74) is 1.47. The number of aromatic carboxylic acids is 1. The molecule has 0 saturated carbocycles. The van der Waals surface area contributed by atoms with Crippen LogP contribution in [-0.2, 0) is 0 Å². The van der Waals surface area contributed by atoms with Gasteiger partial charge in [-0.3, -0.25) is 10.1 Å². The van der Waals surface area contributed by atoms with Crippen LogP contribution in [0.4, 0.5) is 5.69 Å². The number of hydrogen-bond acceptors (Lipinski definition) is 5. The van der Waals surface area contributed by atoms with Crippen LogP contribution in [0.15, 0.2) is 42.7 Å². The van der Waals surface area contributed by atoms with Crippen molar-refractivity contribution in [2.75, 3.05) is 0 Å². The van der Waals surface area contributed by atoms with Crippen LogP contribution in [0.5, 0.6) is 0 Å². The van der Waals surface area contributed by atoms with Crippen LogP contribution in [0.25, 0.3) is 16.9 Å². The lowest BCUT2D eigenvalue weighted by Gasteiger charge is -1.96. The zero-order valence-corrected chi connectivity index (χ0v) is 10.5. The van der Waals surface area contributed by atoms with Gasteiger partial charge in [-0.2, -0.15) is 5.10 Å². The van der Waals surface area contributed by atoms with Crippen molar-refractivity contribution in [2.45, 2.75) is 0 Å². The van der Waals surface area contributed by atoms with Crippen molar-refractivity contribution in [2.24, 2.45) is 0 Å². The second kappa shape index (κ2) is 4.67. The van der Waals surface area contributed by atoms with Gasteiger partial charge in [0.2, 0.25) is 0 Å². The van der Waals surface area contributed by atoms with Crippen molar-refractivity contribution in [1.29, 1.82) is 0 Å². The Labute approximate surface area is 117 Å². The molecule has 21 heavy (non-hydrogen) atoms. The van der Waals surface area contributed by atoms with Gasteiger partial charge in [0, 0.05) is 36.2 Å². The molecule has 8 nitrogen and oxygen atoms in total. The summed E-state index contributed by atoms with van der Waals surface area (Å²) in [6, 6.07) is 7.67. The fourth-order valence-electron chi connectivity index (χ4n) is 1.91. The molecule has 3 rings (SSSR count). The monoisotopic (exact) mass is 284 g/mol. The minimum Gasteiger partial charge on any atom is -0.478 e. The summed E-state index contributed by atoms with van der Waals surface area (Å²) in [7, 11) is 0. The fourth-order valence-corrected chi connectivity index (χ4v) is 1.91. The molecular formula is C13H8N4O4. The van der Waals surface area contributed by atoms with Gasteiger partial charge < -0.3 is 5.11 Å². The SMILES string of the molecule is O=C(O)c1cnc2cc(-c3cccc([N+](=O)[O-])c3)nn2c1. The third-order valence-electron chi connectivity index (χ3n) is 2.91. The van der Waals surface area contributed by atoms with Gasteiger partial charge in [0.1, 0.15) is 0 Å². The lowest BCUT2D eigenvalue weighted by Crippen LogP contribution is -2.01. The van der Waals surface area contributed by atoms with Gasteiger partial charge in [0.25, 0.3) is 5.69 Å². The van der Waals surface area contributed by atoms with Crippen molar-refractivity contribution in [1.82, 2.24) is 14.6 Å². The van der Waals surface area contributed by atoms with Crippen LogP contribution in [0.1, 0.15) is 10.4 Å². The van der Waals surface area contributed by atoms with Crippen LogP contribution in [0, 0.1) is 10.1 Å². The van der Waals surface area contributed by atoms with Crippen molar-refractivity contribution >= 4 is 17.3 Å². The molecule has 8 heteroatoms. The molecule has 0 atom stereocenters. The number of carbonyl (C=O) groups is 1. The van der Waals surface area contributed by atoms with Crippen LogP contribution in [0.3, 0.4) is 0 Å². The third-order valence-corrected chi connectivity index (χ3v) is 2.91. The topological polar surface area (TPSA) is 111 Å². The summed E-state index contributed by atoms with van der Waals surface area (Å²) in [6.45, 7) is 0. The normalized spacial score (nSPS) is 10.7. The number of carboxylic acid groups (broad SMARTS) is 1. The summed E-state index contributed by atoms with van der Waals surface area (Å²) in [4.78, 5) is 25.2. The standard InChI is InChI=1S/C13H8N4O4/c18-13(19)9-6-14-12-5-11(15-16(12)7-9)8-2-1-3-10(4-8)17(20)21/h1-7H,(H,18,19). The summed E-state index contributed by atoms with van der Waals surface area (Å²) >= 11 is 0. The molecule has 3 aromatic rings. The first kappa shape index (κ1) is 12.7. The molecule has 0 bridgehead atoms. The van der Waals surface area contributed by atoms with Gasteiger partial charge in [-0.25, -0.2) is 14.3 Å². The van der Waals surface area contributed by atoms with Crippen molar-refractivity contribution in [3.05, 3.63) is 58.4 Å². The van der Waals surface area contributed by atoms with Gasteiger partial charge in [-0.05, 0) is 0 Å². The number of hydrogen-bond donors (Lipinski definition) is 1. The number of carboxylic acids is 1. The van der Waals surface area contributed by atoms with E-state index in [0.717, 1.165) is 0 Å². The van der Waals surface area contributed by atoms with E-state index in [4.69, 9.17) is 5.11 Å². The highest BCUT2D eigenvalue weighted by molar-refractivity contribution is 5.87. The van der Waals surface area contributed by atoms with E-state index < -0.39 is 10.9 Å². The first-order valence-electron chi connectivity index (χ1n) is 5.88. The molecule has 2 aromatic heterocycles. The predicted octanol–water partition coefficient (Wildman–Crippen LogP) is 2.00. The Kier molecular flexibility index (Phi) is 2.83. The number of non-ortho nitro benzene ring substituents is 1. The fraction of sp³-hybridized carbons (Fsp3) is 0. The highest BCUT2D eigenvalue weighted by atomic mass is 16.6. The molecule has 1 N–H and O–H groups in total. The molecule has 2 heterocycles. The zero-order chi connectivity index (χ0) is 15.0. The average molecular weight is 284 g/mol. The van der Waals surface area contributed by atoms with E-state index in [0.29, 0.717) is 16.9 Å². The molecule has 104 valence electrons. The molecule has 1 aromatic carbocycles. The Morgan fingerprint density at radius 2 is 2.14 bits per heavy atom. The molecular weight excluding hydrogens is 276 g/mol. The first-order valence-corrected chi connectivity index (χ1v) is 5.88. The van der Waals surface area contributed by atoms with Crippen molar-refractivity contribution in [3.8, 4) is 11.3 Å². The van der Waals surface area contributed by atoms with Gasteiger partial charge >= 0.3 is 5.97 Å². The molecule has 0 aliphatic rings. The molecule has 0 spiro atoms. The Bertz CT molecular complexity index is 871. The predicted molar refractivity (Wildman–Crippen MR) is 72.0 cm³/mol. The number of fused-ring (bicyclic) bond motifs is 1. The maximum absolute atomic E-state index is 10.9. The number of aromatic nitrogens is 3. The van der Waals surface area contributed by atoms with E-state index in [1.165, 1.54) is 29.0 Å². The van der Waals surface area contributed by atoms with Gasteiger partial charge in [0.15, 0.2) is 5.65 Å². The van der Waals surface area contributed by atoms with Gasteiger partial charge in [0.05, 0.1) is 16.2 Å². The molecule has 0 aliphatic heterocycles. The van der Waals surface area contributed by atoms with Crippen molar-refractivity contribution in [3.63, 3.8) is 0 Å². The van der Waals surface area contributed by atoms with E-state index in [2.05, 4.69) is 10.1 Å². The molecule has 0 saturated heterocycles. The molecule has 0 unspecified atom stereocenters. The zero-order valence-electron chi connectivity index (χ0n) is 10.5. The van der Waals surface area contributed by atoms with E-state index in [1.807, 2.05) is 0 Å². The highest BCUT2D eigenvalue weighted by Crippen LogP contribution is 2.23. The Morgan fingerprint density at radius 3 is 2.86 bits per heavy atom.